The van der Waals surface area contributed by atoms with Crippen molar-refractivity contribution in [3.05, 3.63) is 112 Å². The van der Waals surface area contributed by atoms with Gasteiger partial charge in [-0.2, -0.15) is 5.10 Å². The zero-order valence-electron chi connectivity index (χ0n) is 31.3. The van der Waals surface area contributed by atoms with E-state index < -0.39 is 0 Å². The van der Waals surface area contributed by atoms with E-state index >= 15 is 4.39 Å². The van der Waals surface area contributed by atoms with Crippen LogP contribution >= 0.6 is 0 Å². The van der Waals surface area contributed by atoms with E-state index in [4.69, 9.17) is 9.72 Å². The summed E-state index contributed by atoms with van der Waals surface area (Å²) in [5.41, 5.74) is 7.09. The van der Waals surface area contributed by atoms with Crippen LogP contribution < -0.4 is 21.3 Å². The number of nitrogens with zero attached hydrogens (tertiary/aromatic N) is 4. The minimum absolute atomic E-state index is 0.000177. The minimum Gasteiger partial charge on any atom is -0.381 e. The molecule has 12 nitrogen and oxygen atoms in total. The number of amides is 3. The van der Waals surface area contributed by atoms with Crippen molar-refractivity contribution < 1.29 is 23.5 Å². The Bertz CT molecular complexity index is 2200. The van der Waals surface area contributed by atoms with Gasteiger partial charge in [-0.25, -0.2) is 14.1 Å². The highest BCUT2D eigenvalue weighted by atomic mass is 19.1. The number of piperazine rings is 1. The van der Waals surface area contributed by atoms with Crippen molar-refractivity contribution in [3.8, 4) is 11.1 Å². The van der Waals surface area contributed by atoms with E-state index in [0.717, 1.165) is 58.5 Å². The normalized spacial score (nSPS) is 15.1. The third kappa shape index (κ3) is 8.84. The fourth-order valence-electron chi connectivity index (χ4n) is 7.28. The molecule has 286 valence electrons. The predicted octanol–water partition coefficient (Wildman–Crippen LogP) is 5.20. The van der Waals surface area contributed by atoms with Crippen LogP contribution in [0.3, 0.4) is 0 Å². The largest absolute Gasteiger partial charge is 0.381 e. The maximum atomic E-state index is 15.1. The number of anilines is 1. The Morgan fingerprint density at radius 3 is 2.45 bits per heavy atom. The number of carbonyl (C=O) groups excluding carboxylic acids is 3. The Morgan fingerprint density at radius 2 is 1.71 bits per heavy atom. The van der Waals surface area contributed by atoms with Gasteiger partial charge in [0.05, 0.1) is 23.8 Å². The number of benzene rings is 3. The number of hydrogen-bond donors (Lipinski definition) is 4. The summed E-state index contributed by atoms with van der Waals surface area (Å²) in [5.74, 6) is -1.04. The number of aryl methyl sites for hydroxylation is 2. The van der Waals surface area contributed by atoms with Crippen LogP contribution in [0, 0.1) is 5.82 Å². The van der Waals surface area contributed by atoms with Crippen LogP contribution in [0.2, 0.25) is 0 Å². The average molecular weight is 747 g/mol. The van der Waals surface area contributed by atoms with Crippen LogP contribution in [-0.2, 0) is 42.1 Å². The molecule has 0 atom stereocenters. The molecule has 2 saturated heterocycles. The summed E-state index contributed by atoms with van der Waals surface area (Å²) >= 11 is 0. The van der Waals surface area contributed by atoms with Gasteiger partial charge in [0.25, 0.3) is 11.8 Å². The van der Waals surface area contributed by atoms with Gasteiger partial charge in [0, 0.05) is 86.5 Å². The zero-order valence-corrected chi connectivity index (χ0v) is 31.3. The number of ether oxygens (including phenoxy) is 1. The number of carbonyl (C=O) groups is 3. The lowest BCUT2D eigenvalue weighted by molar-refractivity contribution is -0.124. The number of halogens is 1. The molecule has 0 aliphatic carbocycles. The summed E-state index contributed by atoms with van der Waals surface area (Å²) in [7, 11) is 0. The monoisotopic (exact) mass is 746 g/mol. The van der Waals surface area contributed by atoms with Gasteiger partial charge in [-0.05, 0) is 79.3 Å². The fraction of sp³-hybridized carbons (Fsp3) is 0.357. The van der Waals surface area contributed by atoms with E-state index in [9.17, 15) is 14.4 Å². The molecular weight excluding hydrogens is 700 g/mol. The molecule has 5 aromatic rings. The summed E-state index contributed by atoms with van der Waals surface area (Å²) in [5, 5.41) is 18.1. The highest BCUT2D eigenvalue weighted by molar-refractivity contribution is 6.00. The Kier molecular flexibility index (Phi) is 11.8. The highest BCUT2D eigenvalue weighted by Crippen LogP contribution is 2.31. The van der Waals surface area contributed by atoms with Crippen LogP contribution in [0.5, 0.6) is 0 Å². The fourth-order valence-corrected chi connectivity index (χ4v) is 7.28. The Hall–Kier alpha value is -5.66. The summed E-state index contributed by atoms with van der Waals surface area (Å²) in [6.45, 7) is 8.86. The van der Waals surface area contributed by atoms with E-state index in [-0.39, 0.29) is 42.7 Å². The van der Waals surface area contributed by atoms with Crippen molar-refractivity contribution in [1.82, 2.24) is 35.6 Å². The topological polar surface area (TPSA) is 143 Å². The number of rotatable bonds is 13. The van der Waals surface area contributed by atoms with E-state index in [1.807, 2.05) is 42.1 Å². The molecule has 0 saturated carbocycles. The molecule has 4 N–H and O–H groups in total. The molecule has 3 aromatic carbocycles. The van der Waals surface area contributed by atoms with Crippen molar-refractivity contribution in [1.29, 1.82) is 0 Å². The van der Waals surface area contributed by atoms with E-state index in [2.05, 4.69) is 38.2 Å². The first-order chi connectivity index (χ1) is 26.8. The molecule has 4 heterocycles. The van der Waals surface area contributed by atoms with Gasteiger partial charge in [-0.1, -0.05) is 37.3 Å². The van der Waals surface area contributed by atoms with Gasteiger partial charge >= 0.3 is 0 Å². The number of aromatic nitrogens is 3. The summed E-state index contributed by atoms with van der Waals surface area (Å²) in [6.07, 6.45) is 4.28. The summed E-state index contributed by atoms with van der Waals surface area (Å²) < 4.78 is 22.6. The lowest BCUT2D eigenvalue weighted by Crippen LogP contribution is -2.47. The van der Waals surface area contributed by atoms with Crippen LogP contribution in [0.15, 0.2) is 72.9 Å². The molecule has 13 heteroatoms. The van der Waals surface area contributed by atoms with Crippen LogP contribution in [0.1, 0.15) is 69.8 Å². The second-order valence-electron chi connectivity index (χ2n) is 14.0. The van der Waals surface area contributed by atoms with Gasteiger partial charge in [0.1, 0.15) is 5.82 Å². The highest BCUT2D eigenvalue weighted by Gasteiger charge is 2.23. The van der Waals surface area contributed by atoms with Gasteiger partial charge in [0.2, 0.25) is 5.91 Å². The first kappa shape index (κ1) is 37.6. The number of fused-ring (bicyclic) bond motifs is 1. The van der Waals surface area contributed by atoms with Gasteiger partial charge in [-0.3, -0.25) is 19.3 Å². The molecule has 0 bridgehead atoms. The third-order valence-corrected chi connectivity index (χ3v) is 10.2. The molecule has 0 radical (unpaired) electrons. The maximum absolute atomic E-state index is 15.1. The van der Waals surface area contributed by atoms with Crippen molar-refractivity contribution in [2.45, 2.75) is 65.3 Å². The smallest absolute Gasteiger partial charge is 0.251 e. The minimum atomic E-state index is -0.368. The molecule has 2 aliphatic rings. The maximum Gasteiger partial charge on any atom is 0.251 e. The third-order valence-electron chi connectivity index (χ3n) is 10.2. The molecule has 2 aromatic heterocycles. The van der Waals surface area contributed by atoms with E-state index in [0.29, 0.717) is 68.1 Å². The standard InChI is InChI=1S/C42H47FN8O4/c1-3-37-34(39(48-32-13-17-55-18-14-32)35-24-47-51(4-2)40(35)49-37)23-46-42(54)31-10-6-9-30(21-31)41(53)45-22-27-11-12-36(43)33(20-27)29-8-5-7-28(19-29)25-50-16-15-44-38(52)26-50/h5-12,19-21,24,32H,3-4,13-18,22-23,25-26H2,1-2H3,(H,44,52)(H,45,53)(H,46,54)(H,48,49). The first-order valence-corrected chi connectivity index (χ1v) is 19.0. The second kappa shape index (κ2) is 17.2. The SMILES string of the molecule is CCc1nc2c(cnn2CC)c(NC2CCOCC2)c1CNC(=O)c1cccc(C(=O)NCc2ccc(F)c(-c3cccc(CN4CCNC(=O)C4)c3)c2)c1. The second-order valence-corrected chi connectivity index (χ2v) is 14.0. The zero-order chi connectivity index (χ0) is 38.3. The van der Waals surface area contributed by atoms with Gasteiger partial charge in [-0.15, -0.1) is 0 Å². The van der Waals surface area contributed by atoms with Crippen molar-refractivity contribution >= 4 is 34.4 Å². The van der Waals surface area contributed by atoms with E-state index in [1.165, 1.54) is 6.07 Å². The Balaban J connectivity index is 1.02. The van der Waals surface area contributed by atoms with Crippen molar-refractivity contribution in [2.24, 2.45) is 0 Å². The van der Waals surface area contributed by atoms with Crippen LogP contribution in [0.25, 0.3) is 22.2 Å². The van der Waals surface area contributed by atoms with Crippen molar-refractivity contribution in [2.75, 3.05) is 38.2 Å². The van der Waals surface area contributed by atoms with Crippen LogP contribution in [0.4, 0.5) is 10.1 Å². The molecular formula is C42H47FN8O4. The molecule has 55 heavy (non-hydrogen) atoms. The molecule has 2 fully saturated rings. The molecule has 2 aliphatic heterocycles. The molecule has 0 unspecified atom stereocenters. The number of pyridine rings is 1. The Morgan fingerprint density at radius 1 is 0.945 bits per heavy atom. The number of hydrogen-bond acceptors (Lipinski definition) is 8. The van der Waals surface area contributed by atoms with E-state index in [1.54, 1.807) is 36.4 Å². The predicted molar refractivity (Wildman–Crippen MR) is 209 cm³/mol. The summed E-state index contributed by atoms with van der Waals surface area (Å²) in [6, 6.07) is 19.3. The Labute approximate surface area is 319 Å². The van der Waals surface area contributed by atoms with Crippen LogP contribution in [-0.4, -0.2) is 76.3 Å². The summed E-state index contributed by atoms with van der Waals surface area (Å²) in [4.78, 5) is 45.7. The molecule has 7 rings (SSSR count). The van der Waals surface area contributed by atoms with Gasteiger partial charge in [0.15, 0.2) is 5.65 Å². The average Bonchev–Trinajstić information content (AvgIpc) is 3.63. The lowest BCUT2D eigenvalue weighted by atomic mass is 10.00. The van der Waals surface area contributed by atoms with Gasteiger partial charge < -0.3 is 26.0 Å². The quantitative estimate of drug-likeness (QED) is 0.129. The first-order valence-electron chi connectivity index (χ1n) is 19.0. The molecule has 0 spiro atoms. The number of nitrogens with one attached hydrogen (secondary N) is 4. The molecule has 3 amide bonds. The van der Waals surface area contributed by atoms with Crippen molar-refractivity contribution in [3.63, 3.8) is 0 Å². The lowest BCUT2D eigenvalue weighted by Gasteiger charge is -2.26.